The van der Waals surface area contributed by atoms with Crippen molar-refractivity contribution in [2.24, 2.45) is 0 Å². The van der Waals surface area contributed by atoms with Gasteiger partial charge in [0.2, 0.25) is 0 Å². The molecule has 5 nitrogen and oxygen atoms in total. The predicted molar refractivity (Wildman–Crippen MR) is 131 cm³/mol. The summed E-state index contributed by atoms with van der Waals surface area (Å²) in [7, 11) is -4.10. The van der Waals surface area contributed by atoms with Gasteiger partial charge in [0.25, 0.3) is 0 Å². The van der Waals surface area contributed by atoms with Crippen molar-refractivity contribution >= 4 is 28.4 Å². The molecule has 168 valence electrons. The molecule has 0 N–H and O–H groups in total. The SMILES string of the molecule is CCO[Si](CCCN(c1ccc(N(CC)CC)cc1)[Si](C)(C)C)(OCC)OCC. The van der Waals surface area contributed by atoms with Crippen LogP contribution in [-0.4, -0.2) is 56.5 Å². The van der Waals surface area contributed by atoms with E-state index in [0.29, 0.717) is 19.8 Å². The Balaban J connectivity index is 2.92. The summed E-state index contributed by atoms with van der Waals surface area (Å²) in [5.74, 6) is 0. The molecule has 1 aromatic carbocycles. The molecule has 0 aliphatic rings. The van der Waals surface area contributed by atoms with E-state index in [1.165, 1.54) is 11.4 Å². The van der Waals surface area contributed by atoms with E-state index in [-0.39, 0.29) is 0 Å². The fraction of sp³-hybridized carbons (Fsp3) is 0.727. The smallest absolute Gasteiger partial charge is 0.398 e. The maximum absolute atomic E-state index is 6.03. The van der Waals surface area contributed by atoms with E-state index in [1.54, 1.807) is 0 Å². The maximum atomic E-state index is 6.03. The van der Waals surface area contributed by atoms with E-state index >= 15 is 0 Å². The molecule has 0 fully saturated rings. The summed E-state index contributed by atoms with van der Waals surface area (Å²) in [6, 6.07) is 9.94. The van der Waals surface area contributed by atoms with Gasteiger partial charge in [-0.3, -0.25) is 0 Å². The van der Waals surface area contributed by atoms with Gasteiger partial charge in [-0.25, -0.2) is 0 Å². The summed E-state index contributed by atoms with van der Waals surface area (Å²) in [6.07, 6.45) is 1.01. The van der Waals surface area contributed by atoms with Gasteiger partial charge in [0.1, 0.15) is 8.24 Å². The highest BCUT2D eigenvalue weighted by molar-refractivity contribution is 6.79. The fourth-order valence-electron chi connectivity index (χ4n) is 3.74. The van der Waals surface area contributed by atoms with Gasteiger partial charge in [-0.05, 0) is 65.3 Å². The molecule has 7 heteroatoms. The highest BCUT2D eigenvalue weighted by Gasteiger charge is 2.40. The molecular formula is C22H44N2O3Si2. The summed E-state index contributed by atoms with van der Waals surface area (Å²) >= 11 is 0. The quantitative estimate of drug-likeness (QED) is 0.331. The summed E-state index contributed by atoms with van der Waals surface area (Å²) in [6.45, 7) is 22.7. The van der Waals surface area contributed by atoms with Crippen molar-refractivity contribution in [3.8, 4) is 0 Å². The van der Waals surface area contributed by atoms with E-state index in [1.807, 2.05) is 20.8 Å². The van der Waals surface area contributed by atoms with Crippen LogP contribution >= 0.6 is 0 Å². The zero-order chi connectivity index (χ0) is 21.9. The van der Waals surface area contributed by atoms with Gasteiger partial charge in [0, 0.05) is 56.9 Å². The lowest BCUT2D eigenvalue weighted by Gasteiger charge is -2.38. The molecule has 0 saturated heterocycles. The highest BCUT2D eigenvalue weighted by Crippen LogP contribution is 2.27. The topological polar surface area (TPSA) is 34.2 Å². The van der Waals surface area contributed by atoms with Gasteiger partial charge in [-0.15, -0.1) is 0 Å². The third kappa shape index (κ3) is 8.05. The van der Waals surface area contributed by atoms with Crippen molar-refractivity contribution in [3.05, 3.63) is 24.3 Å². The number of hydrogen-bond acceptors (Lipinski definition) is 5. The minimum atomic E-state index is -2.57. The molecule has 0 aromatic heterocycles. The zero-order valence-electron chi connectivity index (χ0n) is 20.1. The van der Waals surface area contributed by atoms with E-state index in [0.717, 1.165) is 32.1 Å². The van der Waals surface area contributed by atoms with Crippen LogP contribution in [0.25, 0.3) is 0 Å². The first-order chi connectivity index (χ1) is 13.8. The van der Waals surface area contributed by atoms with Crippen molar-refractivity contribution in [2.45, 2.75) is 66.7 Å². The third-order valence-electron chi connectivity index (χ3n) is 5.06. The van der Waals surface area contributed by atoms with Crippen molar-refractivity contribution in [3.63, 3.8) is 0 Å². The Hall–Kier alpha value is -0.866. The molecular weight excluding hydrogens is 396 g/mol. The van der Waals surface area contributed by atoms with Gasteiger partial charge >= 0.3 is 8.80 Å². The van der Waals surface area contributed by atoms with E-state index in [2.05, 4.69) is 67.2 Å². The van der Waals surface area contributed by atoms with Gasteiger partial charge in [0.15, 0.2) is 0 Å². The third-order valence-corrected chi connectivity index (χ3v) is 10.3. The van der Waals surface area contributed by atoms with E-state index in [9.17, 15) is 0 Å². The second-order valence-corrected chi connectivity index (χ2v) is 15.7. The number of hydrogen-bond donors (Lipinski definition) is 0. The number of rotatable bonds is 15. The summed E-state index contributed by atoms with van der Waals surface area (Å²) in [5, 5.41) is 0. The molecule has 0 radical (unpaired) electrons. The van der Waals surface area contributed by atoms with Crippen LogP contribution in [0.3, 0.4) is 0 Å². The molecule has 0 aliphatic carbocycles. The van der Waals surface area contributed by atoms with Crippen LogP contribution in [0, 0.1) is 0 Å². The summed E-state index contributed by atoms with van der Waals surface area (Å²) < 4.78 is 20.7. The molecule has 1 aromatic rings. The van der Waals surface area contributed by atoms with Gasteiger partial charge in [-0.2, -0.15) is 0 Å². The van der Waals surface area contributed by atoms with Crippen LogP contribution in [0.5, 0.6) is 0 Å². The normalized spacial score (nSPS) is 12.3. The Kier molecular flexibility index (Phi) is 11.5. The zero-order valence-corrected chi connectivity index (χ0v) is 22.1. The van der Waals surface area contributed by atoms with Gasteiger partial charge in [0.05, 0.1) is 0 Å². The Labute approximate surface area is 181 Å². The summed E-state index contributed by atoms with van der Waals surface area (Å²) in [5.41, 5.74) is 2.61. The first kappa shape index (κ1) is 26.2. The Morgan fingerprint density at radius 1 is 0.724 bits per heavy atom. The summed E-state index contributed by atoms with van der Waals surface area (Å²) in [4.78, 5) is 2.38. The minimum Gasteiger partial charge on any atom is -0.398 e. The monoisotopic (exact) mass is 440 g/mol. The molecule has 0 saturated carbocycles. The lowest BCUT2D eigenvalue weighted by Crippen LogP contribution is -2.49. The standard InChI is InChI=1S/C22H44N2O3Si2/c1-9-23(10-2)21-15-17-22(18-16-21)24(28(6,7)8)19-14-20-29(25-11-3,26-12-4)27-13-5/h15-18H,9-14,19-20H2,1-8H3. The fourth-order valence-corrected chi connectivity index (χ4v) is 8.09. The minimum absolute atomic E-state index is 0.636. The molecule has 0 atom stereocenters. The van der Waals surface area contributed by atoms with Crippen molar-refractivity contribution in [2.75, 3.05) is 48.9 Å². The first-order valence-electron chi connectivity index (χ1n) is 11.3. The molecule has 0 amide bonds. The number of anilines is 2. The molecule has 0 aliphatic heterocycles. The molecule has 1 rings (SSSR count). The second kappa shape index (κ2) is 12.7. The van der Waals surface area contributed by atoms with E-state index in [4.69, 9.17) is 13.3 Å². The lowest BCUT2D eigenvalue weighted by molar-refractivity contribution is 0.0710. The Morgan fingerprint density at radius 3 is 1.55 bits per heavy atom. The van der Waals surface area contributed by atoms with E-state index < -0.39 is 17.0 Å². The Morgan fingerprint density at radius 2 is 1.17 bits per heavy atom. The van der Waals surface area contributed by atoms with Gasteiger partial charge in [-0.1, -0.05) is 19.6 Å². The molecule has 0 bridgehead atoms. The van der Waals surface area contributed by atoms with Crippen LogP contribution in [-0.2, 0) is 13.3 Å². The average molecular weight is 441 g/mol. The maximum Gasteiger partial charge on any atom is 0.500 e. The molecule has 0 heterocycles. The van der Waals surface area contributed by atoms with Crippen LogP contribution < -0.4 is 9.47 Å². The van der Waals surface area contributed by atoms with Crippen LogP contribution in [0.4, 0.5) is 11.4 Å². The van der Waals surface area contributed by atoms with Crippen molar-refractivity contribution in [1.82, 2.24) is 0 Å². The largest absolute Gasteiger partial charge is 0.500 e. The number of benzene rings is 1. The highest BCUT2D eigenvalue weighted by atomic mass is 28.4. The van der Waals surface area contributed by atoms with Crippen molar-refractivity contribution in [1.29, 1.82) is 0 Å². The van der Waals surface area contributed by atoms with Crippen LogP contribution in [0.15, 0.2) is 24.3 Å². The number of nitrogens with zero attached hydrogens (tertiary/aromatic N) is 2. The Bertz CT molecular complexity index is 543. The average Bonchev–Trinajstić information content (AvgIpc) is 2.67. The lowest BCUT2D eigenvalue weighted by atomic mass is 10.2. The first-order valence-corrected chi connectivity index (χ1v) is 16.7. The van der Waals surface area contributed by atoms with Crippen LogP contribution in [0.2, 0.25) is 25.7 Å². The second-order valence-electron chi connectivity index (χ2n) is 8.10. The predicted octanol–water partition coefficient (Wildman–Crippen LogP) is 5.61. The molecule has 0 unspecified atom stereocenters. The molecule has 29 heavy (non-hydrogen) atoms. The van der Waals surface area contributed by atoms with Gasteiger partial charge < -0.3 is 22.7 Å². The molecule has 0 spiro atoms. The van der Waals surface area contributed by atoms with Crippen LogP contribution in [0.1, 0.15) is 41.0 Å². The van der Waals surface area contributed by atoms with Crippen molar-refractivity contribution < 1.29 is 13.3 Å².